The summed E-state index contributed by atoms with van der Waals surface area (Å²) in [4.78, 5) is 18.4. The molecule has 4 nitrogen and oxygen atoms in total. The van der Waals surface area contributed by atoms with E-state index in [0.717, 1.165) is 12.2 Å². The van der Waals surface area contributed by atoms with Crippen molar-refractivity contribution in [3.8, 4) is 0 Å². The molecular weight excluding hydrogens is 317 g/mol. The van der Waals surface area contributed by atoms with E-state index in [0.29, 0.717) is 0 Å². The third kappa shape index (κ3) is 4.20. The van der Waals surface area contributed by atoms with Gasteiger partial charge in [0.1, 0.15) is 11.5 Å². The van der Waals surface area contributed by atoms with Crippen molar-refractivity contribution in [1.29, 1.82) is 0 Å². The molecule has 1 aromatic heterocycles. The third-order valence-corrected chi connectivity index (χ3v) is 3.81. The van der Waals surface area contributed by atoms with Gasteiger partial charge in [-0.1, -0.05) is 42.5 Å². The Hall–Kier alpha value is -3.21. The fourth-order valence-electron chi connectivity index (χ4n) is 2.44. The van der Waals surface area contributed by atoms with Crippen molar-refractivity contribution < 1.29 is 9.18 Å². The molecule has 0 saturated heterocycles. The van der Waals surface area contributed by atoms with E-state index in [9.17, 15) is 9.18 Å². The number of rotatable bonds is 5. The lowest BCUT2D eigenvalue weighted by Crippen LogP contribution is -2.18. The second-order valence-electron chi connectivity index (χ2n) is 5.68. The SMILES string of the molecule is CN(Cc1ccccc1)c1ccc(C(=O)Nc2ccccc2F)nc1. The molecular formula is C20H18FN3O. The fraction of sp³-hybridized carbons (Fsp3) is 0.100. The van der Waals surface area contributed by atoms with E-state index in [1.807, 2.05) is 36.2 Å². The number of amides is 1. The van der Waals surface area contributed by atoms with Crippen molar-refractivity contribution in [3.05, 3.63) is 90.0 Å². The number of para-hydroxylation sites is 1. The summed E-state index contributed by atoms with van der Waals surface area (Å²) in [7, 11) is 1.96. The lowest BCUT2D eigenvalue weighted by Gasteiger charge is -2.19. The number of nitrogens with zero attached hydrogens (tertiary/aromatic N) is 2. The van der Waals surface area contributed by atoms with Gasteiger partial charge in [-0.05, 0) is 29.8 Å². The van der Waals surface area contributed by atoms with Gasteiger partial charge in [0.25, 0.3) is 5.91 Å². The van der Waals surface area contributed by atoms with Crippen LogP contribution in [-0.4, -0.2) is 17.9 Å². The molecule has 0 aliphatic carbocycles. The largest absolute Gasteiger partial charge is 0.369 e. The first-order chi connectivity index (χ1) is 12.1. The number of anilines is 2. The maximum Gasteiger partial charge on any atom is 0.274 e. The minimum atomic E-state index is -0.477. The van der Waals surface area contributed by atoms with Crippen molar-refractivity contribution in [2.45, 2.75) is 6.54 Å². The maximum atomic E-state index is 13.6. The number of carbonyl (C=O) groups is 1. The summed E-state index contributed by atoms with van der Waals surface area (Å²) in [6, 6.07) is 19.6. The number of nitrogens with one attached hydrogen (secondary N) is 1. The van der Waals surface area contributed by atoms with Crippen LogP contribution in [0.3, 0.4) is 0 Å². The Morgan fingerprint density at radius 1 is 1.04 bits per heavy atom. The van der Waals surface area contributed by atoms with E-state index in [4.69, 9.17) is 0 Å². The Labute approximate surface area is 145 Å². The van der Waals surface area contributed by atoms with E-state index in [1.54, 1.807) is 24.4 Å². The van der Waals surface area contributed by atoms with Gasteiger partial charge >= 0.3 is 0 Å². The summed E-state index contributed by atoms with van der Waals surface area (Å²) in [6.07, 6.45) is 1.64. The monoisotopic (exact) mass is 335 g/mol. The van der Waals surface area contributed by atoms with E-state index in [2.05, 4.69) is 22.4 Å². The molecule has 0 aliphatic rings. The highest BCUT2D eigenvalue weighted by molar-refractivity contribution is 6.03. The third-order valence-electron chi connectivity index (χ3n) is 3.81. The second kappa shape index (κ2) is 7.57. The van der Waals surface area contributed by atoms with Crippen LogP contribution >= 0.6 is 0 Å². The van der Waals surface area contributed by atoms with Gasteiger partial charge in [-0.15, -0.1) is 0 Å². The molecule has 0 fully saturated rings. The predicted molar refractivity (Wildman–Crippen MR) is 97.1 cm³/mol. The summed E-state index contributed by atoms with van der Waals surface area (Å²) >= 11 is 0. The average Bonchev–Trinajstić information content (AvgIpc) is 2.64. The van der Waals surface area contributed by atoms with E-state index < -0.39 is 11.7 Å². The van der Waals surface area contributed by atoms with Crippen molar-refractivity contribution in [2.75, 3.05) is 17.3 Å². The van der Waals surface area contributed by atoms with Crippen LogP contribution in [0.15, 0.2) is 72.9 Å². The number of benzene rings is 2. The standard InChI is InChI=1S/C20H18FN3O/c1-24(14-15-7-3-2-4-8-15)16-11-12-19(22-13-16)20(25)23-18-10-6-5-9-17(18)21/h2-13H,14H2,1H3,(H,23,25). The van der Waals surface area contributed by atoms with Gasteiger partial charge in [0.15, 0.2) is 0 Å². The minimum absolute atomic E-state index is 0.138. The highest BCUT2D eigenvalue weighted by Gasteiger charge is 2.11. The fourth-order valence-corrected chi connectivity index (χ4v) is 2.44. The van der Waals surface area contributed by atoms with Crippen LogP contribution in [0.5, 0.6) is 0 Å². The molecule has 5 heteroatoms. The molecule has 0 aliphatic heterocycles. The zero-order chi connectivity index (χ0) is 17.6. The normalized spacial score (nSPS) is 10.3. The summed E-state index contributed by atoms with van der Waals surface area (Å²) in [6.45, 7) is 0.739. The highest BCUT2D eigenvalue weighted by atomic mass is 19.1. The van der Waals surface area contributed by atoms with Gasteiger partial charge in [-0.25, -0.2) is 9.37 Å². The van der Waals surface area contributed by atoms with Crippen molar-refractivity contribution in [1.82, 2.24) is 4.98 Å². The smallest absolute Gasteiger partial charge is 0.274 e. The lowest BCUT2D eigenvalue weighted by molar-refractivity contribution is 0.102. The van der Waals surface area contributed by atoms with Crippen LogP contribution in [0.2, 0.25) is 0 Å². The molecule has 0 unspecified atom stereocenters. The Kier molecular flexibility index (Phi) is 5.04. The molecule has 25 heavy (non-hydrogen) atoms. The molecule has 3 aromatic rings. The van der Waals surface area contributed by atoms with Crippen molar-refractivity contribution in [3.63, 3.8) is 0 Å². The molecule has 0 bridgehead atoms. The Balaban J connectivity index is 1.67. The number of halogens is 1. The molecule has 1 N–H and O–H groups in total. The molecule has 0 radical (unpaired) electrons. The first kappa shape index (κ1) is 16.6. The molecule has 0 atom stereocenters. The van der Waals surface area contributed by atoms with Crippen LogP contribution < -0.4 is 10.2 Å². The molecule has 0 spiro atoms. The van der Waals surface area contributed by atoms with Crippen LogP contribution in [0.25, 0.3) is 0 Å². The molecule has 2 aromatic carbocycles. The molecule has 0 saturated carbocycles. The summed E-state index contributed by atoms with van der Waals surface area (Å²) in [5, 5.41) is 2.52. The van der Waals surface area contributed by atoms with Crippen molar-refractivity contribution >= 4 is 17.3 Å². The first-order valence-electron chi connectivity index (χ1n) is 7.90. The van der Waals surface area contributed by atoms with Crippen LogP contribution in [0.4, 0.5) is 15.8 Å². The average molecular weight is 335 g/mol. The summed E-state index contributed by atoms with van der Waals surface area (Å²) in [5.41, 5.74) is 2.46. The predicted octanol–water partition coefficient (Wildman–Crippen LogP) is 4.11. The van der Waals surface area contributed by atoms with Gasteiger partial charge in [0.05, 0.1) is 17.6 Å². The number of carbonyl (C=O) groups excluding carboxylic acids is 1. The van der Waals surface area contributed by atoms with Gasteiger partial charge in [0.2, 0.25) is 0 Å². The topological polar surface area (TPSA) is 45.2 Å². The van der Waals surface area contributed by atoms with Crippen LogP contribution in [-0.2, 0) is 6.54 Å². The highest BCUT2D eigenvalue weighted by Crippen LogP contribution is 2.17. The number of hydrogen-bond acceptors (Lipinski definition) is 3. The van der Waals surface area contributed by atoms with E-state index >= 15 is 0 Å². The first-order valence-corrected chi connectivity index (χ1v) is 7.90. The molecule has 1 amide bonds. The number of hydrogen-bond donors (Lipinski definition) is 1. The van der Waals surface area contributed by atoms with E-state index in [-0.39, 0.29) is 11.4 Å². The van der Waals surface area contributed by atoms with E-state index in [1.165, 1.54) is 17.7 Å². The minimum Gasteiger partial charge on any atom is -0.369 e. The lowest BCUT2D eigenvalue weighted by atomic mass is 10.2. The molecule has 3 rings (SSSR count). The van der Waals surface area contributed by atoms with Gasteiger partial charge < -0.3 is 10.2 Å². The van der Waals surface area contributed by atoms with Crippen LogP contribution in [0.1, 0.15) is 16.1 Å². The quantitative estimate of drug-likeness (QED) is 0.763. The second-order valence-corrected chi connectivity index (χ2v) is 5.68. The Morgan fingerprint density at radius 2 is 1.76 bits per heavy atom. The van der Waals surface area contributed by atoms with Gasteiger partial charge in [-0.2, -0.15) is 0 Å². The number of aromatic nitrogens is 1. The Morgan fingerprint density at radius 3 is 2.44 bits per heavy atom. The number of pyridine rings is 1. The maximum absolute atomic E-state index is 13.6. The van der Waals surface area contributed by atoms with Crippen molar-refractivity contribution in [2.24, 2.45) is 0 Å². The molecule has 126 valence electrons. The molecule has 1 heterocycles. The zero-order valence-electron chi connectivity index (χ0n) is 13.8. The van der Waals surface area contributed by atoms with Gasteiger partial charge in [-0.3, -0.25) is 4.79 Å². The summed E-state index contributed by atoms with van der Waals surface area (Å²) in [5.74, 6) is -0.919. The summed E-state index contributed by atoms with van der Waals surface area (Å²) < 4.78 is 13.6. The zero-order valence-corrected chi connectivity index (χ0v) is 13.8. The van der Waals surface area contributed by atoms with Gasteiger partial charge in [0, 0.05) is 13.6 Å². The van der Waals surface area contributed by atoms with Crippen LogP contribution in [0, 0.1) is 5.82 Å². The Bertz CT molecular complexity index is 850.